The third-order valence-electron chi connectivity index (χ3n) is 4.15. The van der Waals surface area contributed by atoms with Gasteiger partial charge < -0.3 is 5.11 Å². The Hall–Kier alpha value is -0.790. The molecule has 1 fully saturated rings. The van der Waals surface area contributed by atoms with Crippen molar-refractivity contribution >= 4 is 5.97 Å². The van der Waals surface area contributed by atoms with Crippen molar-refractivity contribution in [3.63, 3.8) is 0 Å². The summed E-state index contributed by atoms with van der Waals surface area (Å²) in [5.74, 6) is -0.587. The van der Waals surface area contributed by atoms with Crippen LogP contribution in [0.3, 0.4) is 0 Å². The summed E-state index contributed by atoms with van der Waals surface area (Å²) in [5.41, 5.74) is -0.253. The van der Waals surface area contributed by atoms with Gasteiger partial charge >= 0.3 is 5.97 Å². The van der Waals surface area contributed by atoms with Gasteiger partial charge in [-0.15, -0.1) is 6.58 Å². The van der Waals surface area contributed by atoms with Gasteiger partial charge in [-0.3, -0.25) is 4.79 Å². The molecule has 0 saturated heterocycles. The van der Waals surface area contributed by atoms with E-state index < -0.39 is 11.4 Å². The molecule has 1 atom stereocenters. The molecule has 1 rings (SSSR count). The number of hydrogen-bond donors (Lipinski definition) is 1. The average molecular weight is 210 g/mol. The number of carboxylic acid groups (broad SMARTS) is 1. The molecular formula is C13H22O2. The van der Waals surface area contributed by atoms with Crippen molar-refractivity contribution in [1.82, 2.24) is 0 Å². The second-order valence-corrected chi connectivity index (χ2v) is 5.65. The number of aliphatic carboxylic acids is 1. The lowest BCUT2D eigenvalue weighted by molar-refractivity contribution is -0.155. The Labute approximate surface area is 92.4 Å². The van der Waals surface area contributed by atoms with Gasteiger partial charge in [0, 0.05) is 0 Å². The maximum absolute atomic E-state index is 11.4. The minimum Gasteiger partial charge on any atom is -0.481 e. The monoisotopic (exact) mass is 210 g/mol. The van der Waals surface area contributed by atoms with Crippen LogP contribution in [0.2, 0.25) is 0 Å². The quantitative estimate of drug-likeness (QED) is 0.724. The fraction of sp³-hybridized carbons (Fsp3) is 0.769. The average Bonchev–Trinajstić information content (AvgIpc) is 2.17. The van der Waals surface area contributed by atoms with E-state index in [-0.39, 0.29) is 5.92 Å². The van der Waals surface area contributed by atoms with E-state index in [1.165, 1.54) is 0 Å². The lowest BCUT2D eigenvalue weighted by Gasteiger charge is -2.43. The van der Waals surface area contributed by atoms with E-state index in [0.717, 1.165) is 25.7 Å². The number of rotatable bonds is 3. The Morgan fingerprint density at radius 1 is 1.33 bits per heavy atom. The molecule has 86 valence electrons. The highest BCUT2D eigenvalue weighted by Gasteiger charge is 2.46. The van der Waals surface area contributed by atoms with Gasteiger partial charge in [-0.2, -0.15) is 0 Å². The summed E-state index contributed by atoms with van der Waals surface area (Å²) in [7, 11) is 0. The maximum Gasteiger partial charge on any atom is 0.310 e. The number of carbonyl (C=O) groups is 1. The molecule has 0 aromatic rings. The summed E-state index contributed by atoms with van der Waals surface area (Å²) in [4.78, 5) is 11.4. The van der Waals surface area contributed by atoms with Crippen LogP contribution < -0.4 is 0 Å². The van der Waals surface area contributed by atoms with Crippen LogP contribution in [-0.4, -0.2) is 11.1 Å². The molecule has 1 N–H and O–H groups in total. The van der Waals surface area contributed by atoms with Crippen LogP contribution in [-0.2, 0) is 4.79 Å². The van der Waals surface area contributed by atoms with E-state index in [0.29, 0.717) is 5.41 Å². The van der Waals surface area contributed by atoms with Gasteiger partial charge in [0.2, 0.25) is 0 Å². The predicted octanol–water partition coefficient (Wildman–Crippen LogP) is 3.48. The smallest absolute Gasteiger partial charge is 0.310 e. The van der Waals surface area contributed by atoms with Crippen LogP contribution in [0.4, 0.5) is 0 Å². The van der Waals surface area contributed by atoms with Gasteiger partial charge in [-0.1, -0.05) is 26.8 Å². The second-order valence-electron chi connectivity index (χ2n) is 5.65. The number of carboxylic acids is 1. The Morgan fingerprint density at radius 2 is 1.80 bits per heavy atom. The summed E-state index contributed by atoms with van der Waals surface area (Å²) in [5, 5.41) is 9.41. The first-order valence-corrected chi connectivity index (χ1v) is 5.70. The molecule has 1 aliphatic rings. The van der Waals surface area contributed by atoms with Crippen LogP contribution in [0.5, 0.6) is 0 Å². The summed E-state index contributed by atoms with van der Waals surface area (Å²) in [6, 6.07) is 0. The normalized spacial score (nSPS) is 25.5. The summed E-state index contributed by atoms with van der Waals surface area (Å²) in [6.45, 7) is 10.1. The molecule has 0 aromatic heterocycles. The summed E-state index contributed by atoms with van der Waals surface area (Å²) >= 11 is 0. The van der Waals surface area contributed by atoms with Crippen LogP contribution >= 0.6 is 0 Å². The SMILES string of the molecule is C=CC(C)C1(C(=O)O)CCC(C)(C)CC1. The van der Waals surface area contributed by atoms with E-state index in [4.69, 9.17) is 0 Å². The second kappa shape index (κ2) is 3.99. The summed E-state index contributed by atoms with van der Waals surface area (Å²) < 4.78 is 0. The zero-order valence-corrected chi connectivity index (χ0v) is 10.0. The van der Waals surface area contributed by atoms with Crippen molar-refractivity contribution in [3.8, 4) is 0 Å². The molecule has 1 saturated carbocycles. The highest BCUT2D eigenvalue weighted by Crippen LogP contribution is 2.49. The zero-order chi connectivity index (χ0) is 11.7. The molecule has 0 heterocycles. The van der Waals surface area contributed by atoms with Crippen LogP contribution in [0.15, 0.2) is 12.7 Å². The molecule has 2 heteroatoms. The largest absolute Gasteiger partial charge is 0.481 e. The summed E-state index contributed by atoms with van der Waals surface area (Å²) in [6.07, 6.45) is 5.34. The van der Waals surface area contributed by atoms with Crippen molar-refractivity contribution in [2.45, 2.75) is 46.5 Å². The van der Waals surface area contributed by atoms with Gasteiger partial charge in [0.05, 0.1) is 5.41 Å². The van der Waals surface area contributed by atoms with E-state index >= 15 is 0 Å². The minimum atomic E-state index is -0.648. The molecule has 0 aromatic carbocycles. The fourth-order valence-electron chi connectivity index (χ4n) is 2.46. The molecule has 2 nitrogen and oxygen atoms in total. The first-order valence-electron chi connectivity index (χ1n) is 5.70. The van der Waals surface area contributed by atoms with Crippen LogP contribution in [0.25, 0.3) is 0 Å². The first-order chi connectivity index (χ1) is 6.84. The molecule has 1 unspecified atom stereocenters. The topological polar surface area (TPSA) is 37.3 Å². The molecule has 0 radical (unpaired) electrons. The van der Waals surface area contributed by atoms with E-state index in [1.54, 1.807) is 6.08 Å². The van der Waals surface area contributed by atoms with E-state index in [1.807, 2.05) is 6.92 Å². The lowest BCUT2D eigenvalue weighted by atomic mass is 9.60. The van der Waals surface area contributed by atoms with Gasteiger partial charge in [-0.25, -0.2) is 0 Å². The van der Waals surface area contributed by atoms with Crippen LogP contribution in [0.1, 0.15) is 46.5 Å². The fourth-order valence-corrected chi connectivity index (χ4v) is 2.46. The molecule has 0 spiro atoms. The molecular weight excluding hydrogens is 188 g/mol. The Bertz CT molecular complexity index is 256. The number of hydrogen-bond acceptors (Lipinski definition) is 1. The van der Waals surface area contributed by atoms with Crippen molar-refractivity contribution in [1.29, 1.82) is 0 Å². The lowest BCUT2D eigenvalue weighted by Crippen LogP contribution is -2.42. The maximum atomic E-state index is 11.4. The van der Waals surface area contributed by atoms with Crippen molar-refractivity contribution in [3.05, 3.63) is 12.7 Å². The van der Waals surface area contributed by atoms with Gasteiger partial charge in [0.25, 0.3) is 0 Å². The van der Waals surface area contributed by atoms with E-state index in [2.05, 4.69) is 20.4 Å². The Kier molecular flexibility index (Phi) is 3.27. The molecule has 1 aliphatic carbocycles. The minimum absolute atomic E-state index is 0.0612. The highest BCUT2D eigenvalue weighted by atomic mass is 16.4. The Morgan fingerprint density at radius 3 is 2.13 bits per heavy atom. The third kappa shape index (κ3) is 2.24. The molecule has 0 aliphatic heterocycles. The Balaban J connectivity index is 2.87. The highest BCUT2D eigenvalue weighted by molar-refractivity contribution is 5.75. The van der Waals surface area contributed by atoms with Gasteiger partial charge in [-0.05, 0) is 37.0 Å². The van der Waals surface area contributed by atoms with E-state index in [9.17, 15) is 9.90 Å². The van der Waals surface area contributed by atoms with Gasteiger partial charge in [0.15, 0.2) is 0 Å². The molecule has 0 amide bonds. The predicted molar refractivity (Wildman–Crippen MR) is 61.7 cm³/mol. The number of allylic oxidation sites excluding steroid dienone is 1. The van der Waals surface area contributed by atoms with Gasteiger partial charge in [0.1, 0.15) is 0 Å². The van der Waals surface area contributed by atoms with Crippen molar-refractivity contribution in [2.24, 2.45) is 16.7 Å². The molecule has 0 bridgehead atoms. The van der Waals surface area contributed by atoms with Crippen molar-refractivity contribution < 1.29 is 9.90 Å². The first kappa shape index (κ1) is 12.3. The van der Waals surface area contributed by atoms with Crippen molar-refractivity contribution in [2.75, 3.05) is 0 Å². The van der Waals surface area contributed by atoms with Crippen LogP contribution in [0, 0.1) is 16.7 Å². The standard InChI is InChI=1S/C13H22O2/c1-5-10(2)13(11(14)15)8-6-12(3,4)7-9-13/h5,10H,1,6-9H2,2-4H3,(H,14,15). The molecule has 15 heavy (non-hydrogen) atoms. The third-order valence-corrected chi connectivity index (χ3v) is 4.15. The zero-order valence-electron chi connectivity index (χ0n) is 10.0.